The van der Waals surface area contributed by atoms with Crippen molar-refractivity contribution in [2.75, 3.05) is 19.6 Å². The molecule has 6 nitrogen and oxygen atoms in total. The molecule has 3 heterocycles. The molecule has 1 fully saturated rings. The zero-order valence-corrected chi connectivity index (χ0v) is 16.9. The summed E-state index contributed by atoms with van der Waals surface area (Å²) in [7, 11) is 0. The van der Waals surface area contributed by atoms with Crippen molar-refractivity contribution >= 4 is 28.9 Å². The number of allylic oxidation sites excluding steroid dienone is 1. The van der Waals surface area contributed by atoms with Crippen LogP contribution in [0.4, 0.5) is 0 Å². The third kappa shape index (κ3) is 4.36. The summed E-state index contributed by atoms with van der Waals surface area (Å²) in [6, 6.07) is 0. The van der Waals surface area contributed by atoms with E-state index in [2.05, 4.69) is 15.6 Å². The van der Waals surface area contributed by atoms with Crippen LogP contribution in [0.2, 0.25) is 0 Å². The molecule has 0 aliphatic carbocycles. The summed E-state index contributed by atoms with van der Waals surface area (Å²) >= 11 is 1.44. The molecule has 2 amide bonds. The van der Waals surface area contributed by atoms with E-state index in [0.717, 1.165) is 41.9 Å². The number of aliphatic imine (C=N–C) groups is 1. The van der Waals surface area contributed by atoms with Gasteiger partial charge < -0.3 is 15.7 Å². The highest BCUT2D eigenvalue weighted by atomic mass is 32.1. The maximum Gasteiger partial charge on any atom is 0.254 e. The molecule has 7 heteroatoms. The van der Waals surface area contributed by atoms with E-state index in [4.69, 9.17) is 0 Å². The Morgan fingerprint density at radius 1 is 1.37 bits per heavy atom. The number of hydrogen-bond donors (Lipinski definition) is 3. The van der Waals surface area contributed by atoms with E-state index in [9.17, 15) is 14.7 Å². The number of aliphatic hydroxyl groups is 1. The first kappa shape index (κ1) is 19.9. The van der Waals surface area contributed by atoms with Gasteiger partial charge in [0.1, 0.15) is 0 Å². The molecular formula is C20H27N3O3S. The molecule has 1 saturated heterocycles. The molecule has 1 aromatic heterocycles. The smallest absolute Gasteiger partial charge is 0.254 e. The van der Waals surface area contributed by atoms with E-state index >= 15 is 0 Å². The fourth-order valence-corrected chi connectivity index (χ4v) is 4.92. The molecule has 0 spiro atoms. The number of rotatable bonds is 5. The van der Waals surface area contributed by atoms with Crippen LogP contribution in [0.3, 0.4) is 0 Å². The lowest BCUT2D eigenvalue weighted by Gasteiger charge is -2.27. The van der Waals surface area contributed by atoms with Crippen molar-refractivity contribution in [1.82, 2.24) is 10.6 Å². The summed E-state index contributed by atoms with van der Waals surface area (Å²) in [6.45, 7) is 7.64. The number of piperidine rings is 1. The van der Waals surface area contributed by atoms with Crippen molar-refractivity contribution in [3.63, 3.8) is 0 Å². The highest BCUT2D eigenvalue weighted by Crippen LogP contribution is 2.35. The summed E-state index contributed by atoms with van der Waals surface area (Å²) in [5, 5.41) is 18.7. The topological polar surface area (TPSA) is 90.8 Å². The molecule has 0 bridgehead atoms. The summed E-state index contributed by atoms with van der Waals surface area (Å²) in [4.78, 5) is 29.6. The normalized spacial score (nSPS) is 22.2. The Bertz CT molecular complexity index is 790. The van der Waals surface area contributed by atoms with Crippen molar-refractivity contribution in [1.29, 1.82) is 0 Å². The average Bonchev–Trinajstić information content (AvgIpc) is 3.02. The number of amides is 2. The molecule has 3 rings (SSSR count). The zero-order chi connectivity index (χ0) is 19.6. The van der Waals surface area contributed by atoms with E-state index < -0.39 is 12.0 Å². The Morgan fingerprint density at radius 2 is 2.07 bits per heavy atom. The summed E-state index contributed by atoms with van der Waals surface area (Å²) in [5.74, 6) is -0.596. The van der Waals surface area contributed by atoms with Crippen LogP contribution in [0.5, 0.6) is 0 Å². The molecule has 3 N–H and O–H groups in total. The molecular weight excluding hydrogens is 362 g/mol. The van der Waals surface area contributed by atoms with Crippen LogP contribution >= 0.6 is 11.3 Å². The molecule has 0 saturated carbocycles. The van der Waals surface area contributed by atoms with Gasteiger partial charge in [-0.05, 0) is 64.3 Å². The SMILES string of the molecule is CC1=CC(C)=NC(=O)C1CNC(=O)c1csc(C(O)C2CCNCC2)c1C. The summed E-state index contributed by atoms with van der Waals surface area (Å²) in [6.07, 6.45) is 3.23. The first-order valence-electron chi connectivity index (χ1n) is 9.40. The first-order valence-corrected chi connectivity index (χ1v) is 10.3. The van der Waals surface area contributed by atoms with E-state index in [1.807, 2.05) is 19.9 Å². The molecule has 2 aliphatic heterocycles. The van der Waals surface area contributed by atoms with Gasteiger partial charge in [-0.2, -0.15) is 0 Å². The van der Waals surface area contributed by atoms with Crippen LogP contribution in [-0.2, 0) is 4.79 Å². The summed E-state index contributed by atoms with van der Waals surface area (Å²) < 4.78 is 0. The van der Waals surface area contributed by atoms with Crippen LogP contribution in [-0.4, -0.2) is 42.3 Å². The number of dihydropyridines is 1. The second kappa shape index (κ2) is 8.46. The van der Waals surface area contributed by atoms with Crippen molar-refractivity contribution in [3.05, 3.63) is 33.0 Å². The molecule has 1 aromatic rings. The maximum atomic E-state index is 12.6. The average molecular weight is 390 g/mol. The monoisotopic (exact) mass is 389 g/mol. The lowest BCUT2D eigenvalue weighted by atomic mass is 9.90. The van der Waals surface area contributed by atoms with E-state index in [1.165, 1.54) is 11.3 Å². The Hall–Kier alpha value is -1.83. The van der Waals surface area contributed by atoms with Gasteiger partial charge in [0.05, 0.1) is 17.6 Å². The molecule has 0 aromatic carbocycles. The van der Waals surface area contributed by atoms with Crippen LogP contribution in [0.15, 0.2) is 22.0 Å². The number of hydrogen-bond acceptors (Lipinski definition) is 5. The molecule has 0 radical (unpaired) electrons. The Morgan fingerprint density at radius 3 is 2.74 bits per heavy atom. The molecule has 2 atom stereocenters. The predicted molar refractivity (Wildman–Crippen MR) is 107 cm³/mol. The number of nitrogens with one attached hydrogen (secondary N) is 2. The second-order valence-corrected chi connectivity index (χ2v) is 8.32. The minimum Gasteiger partial charge on any atom is -0.387 e. The first-order chi connectivity index (χ1) is 12.9. The minimum atomic E-state index is -0.527. The van der Waals surface area contributed by atoms with Crippen LogP contribution in [0.1, 0.15) is 53.6 Å². The van der Waals surface area contributed by atoms with Crippen LogP contribution in [0, 0.1) is 18.8 Å². The van der Waals surface area contributed by atoms with Gasteiger partial charge in [-0.1, -0.05) is 5.57 Å². The van der Waals surface area contributed by atoms with Gasteiger partial charge in [-0.25, -0.2) is 4.99 Å². The van der Waals surface area contributed by atoms with Crippen molar-refractivity contribution in [3.8, 4) is 0 Å². The fraction of sp³-hybridized carbons (Fsp3) is 0.550. The standard InChI is InChI=1S/C20H27N3O3S/c1-11-8-12(2)23-20(26)15(11)9-22-19(25)16-10-27-18(13(16)3)17(24)14-4-6-21-7-5-14/h8,10,14-15,17,21,24H,4-7,9H2,1-3H3,(H,22,25). The number of carbonyl (C=O) groups is 2. The van der Waals surface area contributed by atoms with E-state index in [-0.39, 0.29) is 24.3 Å². The molecule has 2 aliphatic rings. The van der Waals surface area contributed by atoms with Gasteiger partial charge in [0.25, 0.3) is 11.8 Å². The van der Waals surface area contributed by atoms with Gasteiger partial charge >= 0.3 is 0 Å². The largest absolute Gasteiger partial charge is 0.387 e. The lowest BCUT2D eigenvalue weighted by Crippen LogP contribution is -2.34. The van der Waals surface area contributed by atoms with Gasteiger partial charge in [0.2, 0.25) is 0 Å². The Labute approximate surface area is 163 Å². The third-order valence-electron chi connectivity index (χ3n) is 5.46. The minimum absolute atomic E-state index is 0.209. The number of aliphatic hydroxyl groups excluding tert-OH is 1. The lowest BCUT2D eigenvalue weighted by molar-refractivity contribution is -0.120. The van der Waals surface area contributed by atoms with Gasteiger partial charge in [0.15, 0.2) is 0 Å². The van der Waals surface area contributed by atoms with Gasteiger partial charge in [0, 0.05) is 22.5 Å². The van der Waals surface area contributed by atoms with Crippen LogP contribution in [0.25, 0.3) is 0 Å². The number of carbonyl (C=O) groups excluding carboxylic acids is 2. The van der Waals surface area contributed by atoms with Crippen molar-refractivity contribution in [2.45, 2.75) is 39.7 Å². The fourth-order valence-electron chi connectivity index (χ4n) is 3.77. The second-order valence-electron chi connectivity index (χ2n) is 7.41. The van der Waals surface area contributed by atoms with Crippen molar-refractivity contribution in [2.24, 2.45) is 16.8 Å². The highest BCUT2D eigenvalue weighted by Gasteiger charge is 2.28. The summed E-state index contributed by atoms with van der Waals surface area (Å²) in [5.41, 5.74) is 3.02. The Balaban J connectivity index is 1.65. The van der Waals surface area contributed by atoms with Gasteiger partial charge in [-0.15, -0.1) is 11.3 Å². The highest BCUT2D eigenvalue weighted by molar-refractivity contribution is 7.10. The van der Waals surface area contributed by atoms with Gasteiger partial charge in [-0.3, -0.25) is 9.59 Å². The molecule has 27 heavy (non-hydrogen) atoms. The van der Waals surface area contributed by atoms with Crippen LogP contribution < -0.4 is 10.6 Å². The number of thiophene rings is 1. The predicted octanol–water partition coefficient (Wildman–Crippen LogP) is 2.38. The van der Waals surface area contributed by atoms with Crippen molar-refractivity contribution < 1.29 is 14.7 Å². The zero-order valence-electron chi connectivity index (χ0n) is 16.0. The maximum absolute atomic E-state index is 12.6. The molecule has 146 valence electrons. The van der Waals surface area contributed by atoms with E-state index in [0.29, 0.717) is 11.3 Å². The van der Waals surface area contributed by atoms with E-state index in [1.54, 1.807) is 12.3 Å². The number of nitrogens with zero attached hydrogens (tertiary/aromatic N) is 1. The molecule has 2 unspecified atom stereocenters. The third-order valence-corrected chi connectivity index (χ3v) is 6.61. The Kier molecular flexibility index (Phi) is 6.24. The quantitative estimate of drug-likeness (QED) is 0.721.